The largest absolute Gasteiger partial charge is 0.390 e. The molecule has 0 aliphatic carbocycles. The van der Waals surface area contributed by atoms with Crippen LogP contribution < -0.4 is 0 Å². The number of aliphatic hydroxyl groups is 1. The van der Waals surface area contributed by atoms with Crippen LogP contribution in [0.1, 0.15) is 34.1 Å². The second-order valence-electron chi connectivity index (χ2n) is 4.00. The zero-order chi connectivity index (χ0) is 9.12. The molecule has 0 fully saturated rings. The summed E-state index contributed by atoms with van der Waals surface area (Å²) in [6.45, 7) is 8.03. The predicted octanol–water partition coefficient (Wildman–Crippen LogP) is 2.94. The molecule has 0 saturated heterocycles. The van der Waals surface area contributed by atoms with Crippen LogP contribution in [-0.2, 0) is 0 Å². The lowest BCUT2D eigenvalue weighted by Crippen LogP contribution is -2.29. The van der Waals surface area contributed by atoms with Crippen LogP contribution in [0, 0.1) is 0 Å². The van der Waals surface area contributed by atoms with Gasteiger partial charge in [0.2, 0.25) is 0 Å². The molecule has 0 aromatic carbocycles. The number of hydrogen-bond donors (Lipinski definition) is 1. The lowest BCUT2D eigenvalue weighted by Gasteiger charge is -2.29. The molecule has 68 valence electrons. The van der Waals surface area contributed by atoms with Crippen LogP contribution in [0.4, 0.5) is 0 Å². The molecule has 0 saturated carbocycles. The Labute approximate surface area is 77.7 Å². The predicted molar refractivity (Wildman–Crippen MR) is 56.1 cm³/mol. The van der Waals surface area contributed by atoms with Crippen molar-refractivity contribution in [3.05, 3.63) is 0 Å². The van der Waals surface area contributed by atoms with E-state index in [2.05, 4.69) is 20.1 Å². The maximum absolute atomic E-state index is 9.56. The molecule has 0 spiro atoms. The molecule has 0 aliphatic rings. The van der Waals surface area contributed by atoms with Crippen LogP contribution in [0.5, 0.6) is 0 Å². The van der Waals surface area contributed by atoms with Gasteiger partial charge in [-0.25, -0.2) is 0 Å². The average molecular weight is 194 g/mol. The molecule has 0 aliphatic heterocycles. The fourth-order valence-corrected chi connectivity index (χ4v) is 3.69. The SMILES string of the molecule is CSSC(C)(C)CC(C)(C)O. The van der Waals surface area contributed by atoms with Gasteiger partial charge in [-0.2, -0.15) is 0 Å². The summed E-state index contributed by atoms with van der Waals surface area (Å²) < 4.78 is 0.164. The van der Waals surface area contributed by atoms with Gasteiger partial charge in [0.25, 0.3) is 0 Å². The lowest BCUT2D eigenvalue weighted by atomic mass is 9.96. The van der Waals surface area contributed by atoms with Gasteiger partial charge in [0, 0.05) is 4.75 Å². The second kappa shape index (κ2) is 4.06. The maximum atomic E-state index is 9.56. The van der Waals surface area contributed by atoms with Crippen LogP contribution in [0.2, 0.25) is 0 Å². The third-order valence-corrected chi connectivity index (χ3v) is 3.78. The Kier molecular flexibility index (Phi) is 4.30. The first-order valence-electron chi connectivity index (χ1n) is 3.71. The zero-order valence-corrected chi connectivity index (χ0v) is 9.60. The van der Waals surface area contributed by atoms with E-state index in [0.29, 0.717) is 0 Å². The van der Waals surface area contributed by atoms with E-state index in [9.17, 15) is 5.11 Å². The smallest absolute Gasteiger partial charge is 0.0605 e. The molecule has 0 heterocycles. The highest BCUT2D eigenvalue weighted by molar-refractivity contribution is 8.76. The molecule has 11 heavy (non-hydrogen) atoms. The standard InChI is InChI=1S/C8H18OS2/c1-7(2,9)6-8(3,4)11-10-5/h9H,6H2,1-5H3. The van der Waals surface area contributed by atoms with Crippen molar-refractivity contribution in [1.82, 2.24) is 0 Å². The Hall–Kier alpha value is 0.660. The molecule has 0 bridgehead atoms. The van der Waals surface area contributed by atoms with E-state index in [0.717, 1.165) is 6.42 Å². The first kappa shape index (κ1) is 11.7. The van der Waals surface area contributed by atoms with Crippen molar-refractivity contribution in [2.45, 2.75) is 44.5 Å². The highest BCUT2D eigenvalue weighted by atomic mass is 33.1. The molecule has 0 rings (SSSR count). The third-order valence-electron chi connectivity index (χ3n) is 1.17. The van der Waals surface area contributed by atoms with E-state index in [-0.39, 0.29) is 4.75 Å². The van der Waals surface area contributed by atoms with Gasteiger partial charge in [-0.05, 0) is 40.4 Å². The summed E-state index contributed by atoms with van der Waals surface area (Å²) in [5.41, 5.74) is -0.549. The molecule has 0 atom stereocenters. The van der Waals surface area contributed by atoms with Crippen LogP contribution in [0.15, 0.2) is 0 Å². The normalized spacial score (nSPS) is 13.6. The summed E-state index contributed by atoms with van der Waals surface area (Å²) in [5.74, 6) is 0. The summed E-state index contributed by atoms with van der Waals surface area (Å²) in [6, 6.07) is 0. The molecule has 0 aromatic heterocycles. The molecule has 1 N–H and O–H groups in total. The fourth-order valence-electron chi connectivity index (χ4n) is 1.30. The minimum absolute atomic E-state index is 0.164. The number of rotatable bonds is 4. The first-order chi connectivity index (χ1) is 4.77. The summed E-state index contributed by atoms with van der Waals surface area (Å²) in [6.07, 6.45) is 2.89. The lowest BCUT2D eigenvalue weighted by molar-refractivity contribution is 0.0631. The topological polar surface area (TPSA) is 20.2 Å². The fraction of sp³-hybridized carbons (Fsp3) is 1.00. The van der Waals surface area contributed by atoms with Crippen molar-refractivity contribution < 1.29 is 5.11 Å². The Morgan fingerprint density at radius 2 is 1.64 bits per heavy atom. The molecule has 3 heteroatoms. The van der Waals surface area contributed by atoms with Gasteiger partial charge < -0.3 is 5.11 Å². The Morgan fingerprint density at radius 1 is 1.18 bits per heavy atom. The summed E-state index contributed by atoms with van der Waals surface area (Å²) in [5, 5.41) is 9.56. The van der Waals surface area contributed by atoms with Crippen molar-refractivity contribution in [1.29, 1.82) is 0 Å². The minimum atomic E-state index is -0.549. The highest BCUT2D eigenvalue weighted by Gasteiger charge is 2.26. The molecular formula is C8H18OS2. The molecular weight excluding hydrogens is 176 g/mol. The van der Waals surface area contributed by atoms with Gasteiger partial charge in [0.1, 0.15) is 0 Å². The first-order valence-corrected chi connectivity index (χ1v) is 6.27. The van der Waals surface area contributed by atoms with Gasteiger partial charge in [0.15, 0.2) is 0 Å². The monoisotopic (exact) mass is 194 g/mol. The van der Waals surface area contributed by atoms with E-state index in [4.69, 9.17) is 0 Å². The van der Waals surface area contributed by atoms with Crippen molar-refractivity contribution in [3.63, 3.8) is 0 Å². The van der Waals surface area contributed by atoms with E-state index in [1.54, 1.807) is 10.8 Å². The van der Waals surface area contributed by atoms with Gasteiger partial charge in [0.05, 0.1) is 5.60 Å². The van der Waals surface area contributed by atoms with Crippen LogP contribution in [0.25, 0.3) is 0 Å². The molecule has 0 radical (unpaired) electrons. The Balaban J connectivity index is 3.91. The average Bonchev–Trinajstić information content (AvgIpc) is 1.55. The molecule has 0 unspecified atom stereocenters. The second-order valence-corrected chi connectivity index (χ2v) is 7.10. The van der Waals surface area contributed by atoms with Crippen LogP contribution in [-0.4, -0.2) is 21.7 Å². The Bertz CT molecular complexity index is 116. The zero-order valence-electron chi connectivity index (χ0n) is 7.97. The van der Waals surface area contributed by atoms with Gasteiger partial charge in [-0.3, -0.25) is 0 Å². The van der Waals surface area contributed by atoms with Crippen molar-refractivity contribution in [2.75, 3.05) is 6.26 Å². The van der Waals surface area contributed by atoms with Crippen molar-refractivity contribution in [2.24, 2.45) is 0 Å². The van der Waals surface area contributed by atoms with E-state index in [1.165, 1.54) is 0 Å². The maximum Gasteiger partial charge on any atom is 0.0605 e. The van der Waals surface area contributed by atoms with Gasteiger partial charge >= 0.3 is 0 Å². The molecule has 1 nitrogen and oxygen atoms in total. The van der Waals surface area contributed by atoms with Crippen molar-refractivity contribution in [3.8, 4) is 0 Å². The number of hydrogen-bond acceptors (Lipinski definition) is 3. The summed E-state index contributed by atoms with van der Waals surface area (Å²) in [4.78, 5) is 0. The van der Waals surface area contributed by atoms with Crippen molar-refractivity contribution >= 4 is 21.6 Å². The van der Waals surface area contributed by atoms with Gasteiger partial charge in [-0.1, -0.05) is 21.6 Å². The molecule has 0 aromatic rings. The van der Waals surface area contributed by atoms with Crippen LogP contribution in [0.3, 0.4) is 0 Å². The quantitative estimate of drug-likeness (QED) is 0.695. The third kappa shape index (κ3) is 7.04. The summed E-state index contributed by atoms with van der Waals surface area (Å²) in [7, 11) is 3.57. The van der Waals surface area contributed by atoms with Gasteiger partial charge in [-0.15, -0.1) is 0 Å². The molecule has 0 amide bonds. The Morgan fingerprint density at radius 3 is 1.91 bits per heavy atom. The highest BCUT2D eigenvalue weighted by Crippen LogP contribution is 2.39. The van der Waals surface area contributed by atoms with E-state index < -0.39 is 5.60 Å². The summed E-state index contributed by atoms with van der Waals surface area (Å²) >= 11 is 0. The minimum Gasteiger partial charge on any atom is -0.390 e. The van der Waals surface area contributed by atoms with E-state index in [1.807, 2.05) is 24.6 Å². The van der Waals surface area contributed by atoms with E-state index >= 15 is 0 Å². The van der Waals surface area contributed by atoms with Crippen LogP contribution >= 0.6 is 21.6 Å².